The molecule has 53 heavy (non-hydrogen) atoms. The van der Waals surface area contributed by atoms with Gasteiger partial charge in [-0.15, -0.1) is 0 Å². The van der Waals surface area contributed by atoms with Gasteiger partial charge in [-0.05, 0) is 44.4 Å². The van der Waals surface area contributed by atoms with Crippen molar-refractivity contribution in [1.82, 2.24) is 0 Å². The summed E-state index contributed by atoms with van der Waals surface area (Å²) in [6.07, 6.45) is 29.2. The number of phosphoric acid groups is 1. The van der Waals surface area contributed by atoms with Gasteiger partial charge in [0.2, 0.25) is 0 Å². The Kier molecular flexibility index (Phi) is 30.8. The van der Waals surface area contributed by atoms with Gasteiger partial charge in [-0.1, -0.05) is 142 Å². The lowest BCUT2D eigenvalue weighted by atomic mass is 10.0. The van der Waals surface area contributed by atoms with Crippen molar-refractivity contribution >= 4 is 19.8 Å². The fourth-order valence-electron chi connectivity index (χ4n) is 6.13. The van der Waals surface area contributed by atoms with Gasteiger partial charge in [0, 0.05) is 12.8 Å². The third-order valence-electron chi connectivity index (χ3n) is 9.52. The van der Waals surface area contributed by atoms with E-state index in [9.17, 15) is 24.2 Å². The quantitative estimate of drug-likeness (QED) is 0.0180. The Hall–Kier alpha value is -1.33. The van der Waals surface area contributed by atoms with Crippen molar-refractivity contribution in [2.75, 3.05) is 26.4 Å². The maximum absolute atomic E-state index is 12.6. The first-order valence-electron chi connectivity index (χ1n) is 21.1. The Balaban J connectivity index is 2.25. The molecule has 1 heterocycles. The summed E-state index contributed by atoms with van der Waals surface area (Å²) in [7, 11) is -4.62. The highest BCUT2D eigenvalue weighted by atomic mass is 31.2. The standard InChI is InChI=1S/C41H77O11P/c1-4-5-21-27-38-39(52-38)28-23-18-14-11-12-16-20-25-30-41(45)51-37(34-50-53(46,47)49-32-36(43)31-42)33-48-40(44)29-24-19-15-10-8-6-7-9-13-17-22-26-35(2)3/h18,23,35-39,42-43H,4-17,19-22,24-34H2,1-3H3,(H,46,47)/b23-18-/t36-,37+,38?,39?/m0/s1. The van der Waals surface area contributed by atoms with E-state index in [4.69, 9.17) is 23.8 Å². The molecule has 3 N–H and O–H groups in total. The van der Waals surface area contributed by atoms with Crippen molar-refractivity contribution in [3.8, 4) is 0 Å². The highest BCUT2D eigenvalue weighted by Crippen LogP contribution is 2.43. The highest BCUT2D eigenvalue weighted by Gasteiger charge is 2.36. The number of esters is 2. The third-order valence-corrected chi connectivity index (χ3v) is 10.5. The topological polar surface area (TPSA) is 161 Å². The average molecular weight is 777 g/mol. The second-order valence-electron chi connectivity index (χ2n) is 15.2. The largest absolute Gasteiger partial charge is 0.472 e. The number of aliphatic hydroxyl groups excluding tert-OH is 2. The molecule has 0 aliphatic carbocycles. The summed E-state index contributed by atoms with van der Waals surface area (Å²) < 4.78 is 38.4. The van der Waals surface area contributed by atoms with E-state index < -0.39 is 51.8 Å². The molecule has 11 nitrogen and oxygen atoms in total. The van der Waals surface area contributed by atoms with Gasteiger partial charge in [0.25, 0.3) is 0 Å². The fraction of sp³-hybridized carbons (Fsp3) is 0.902. The van der Waals surface area contributed by atoms with Crippen LogP contribution in [0, 0.1) is 5.92 Å². The molecule has 0 aromatic rings. The zero-order valence-electron chi connectivity index (χ0n) is 33.6. The lowest BCUT2D eigenvalue weighted by molar-refractivity contribution is -0.161. The number of ether oxygens (including phenoxy) is 3. The van der Waals surface area contributed by atoms with E-state index in [0.717, 1.165) is 63.7 Å². The number of hydrogen-bond acceptors (Lipinski definition) is 10. The number of unbranched alkanes of at least 4 members (excludes halogenated alkanes) is 17. The van der Waals surface area contributed by atoms with E-state index in [1.165, 1.54) is 77.0 Å². The van der Waals surface area contributed by atoms with Gasteiger partial charge >= 0.3 is 19.8 Å². The number of rotatable bonds is 38. The maximum Gasteiger partial charge on any atom is 0.472 e. The van der Waals surface area contributed by atoms with Crippen molar-refractivity contribution < 1.29 is 52.5 Å². The molecule has 0 saturated carbocycles. The summed E-state index contributed by atoms with van der Waals surface area (Å²) in [5.41, 5.74) is 0. The Labute approximate surface area is 321 Å². The van der Waals surface area contributed by atoms with Crippen molar-refractivity contribution in [2.24, 2.45) is 5.92 Å². The van der Waals surface area contributed by atoms with Crippen LogP contribution in [0.3, 0.4) is 0 Å². The second-order valence-corrected chi connectivity index (χ2v) is 16.7. The molecule has 0 aromatic carbocycles. The normalized spacial score (nSPS) is 17.9. The van der Waals surface area contributed by atoms with Crippen LogP contribution in [0.4, 0.5) is 0 Å². The first kappa shape index (κ1) is 49.7. The summed E-state index contributed by atoms with van der Waals surface area (Å²) >= 11 is 0. The number of carbonyl (C=O) groups is 2. The highest BCUT2D eigenvalue weighted by molar-refractivity contribution is 7.47. The van der Waals surface area contributed by atoms with E-state index in [1.807, 2.05) is 0 Å². The van der Waals surface area contributed by atoms with E-state index in [1.54, 1.807) is 0 Å². The molecule has 0 aromatic heterocycles. The number of hydrogen-bond donors (Lipinski definition) is 3. The van der Waals surface area contributed by atoms with Crippen molar-refractivity contribution in [3.05, 3.63) is 12.2 Å². The van der Waals surface area contributed by atoms with Crippen LogP contribution in [0.2, 0.25) is 0 Å². The van der Waals surface area contributed by atoms with E-state index in [2.05, 4.69) is 37.4 Å². The summed E-state index contributed by atoms with van der Waals surface area (Å²) in [5.74, 6) is -0.142. The summed E-state index contributed by atoms with van der Waals surface area (Å²) in [5, 5.41) is 18.3. The smallest absolute Gasteiger partial charge is 0.462 e. The van der Waals surface area contributed by atoms with Crippen LogP contribution in [0.15, 0.2) is 12.2 Å². The molecule has 1 rings (SSSR count). The van der Waals surface area contributed by atoms with Crippen LogP contribution in [0.5, 0.6) is 0 Å². The van der Waals surface area contributed by atoms with Crippen molar-refractivity contribution in [2.45, 2.75) is 206 Å². The lowest BCUT2D eigenvalue weighted by Gasteiger charge is -2.20. The average Bonchev–Trinajstić information content (AvgIpc) is 3.88. The van der Waals surface area contributed by atoms with Crippen LogP contribution in [-0.4, -0.2) is 77.9 Å². The van der Waals surface area contributed by atoms with Crippen molar-refractivity contribution in [3.63, 3.8) is 0 Å². The maximum atomic E-state index is 12.6. The third kappa shape index (κ3) is 31.6. The van der Waals surface area contributed by atoms with Crippen LogP contribution >= 0.6 is 7.82 Å². The number of aliphatic hydroxyl groups is 2. The fourth-order valence-corrected chi connectivity index (χ4v) is 6.92. The van der Waals surface area contributed by atoms with E-state index >= 15 is 0 Å². The van der Waals surface area contributed by atoms with Gasteiger partial charge in [-0.25, -0.2) is 4.57 Å². The molecule has 0 amide bonds. The Morgan fingerprint density at radius 2 is 1.28 bits per heavy atom. The summed E-state index contributed by atoms with van der Waals surface area (Å²) in [6.45, 7) is 4.65. The zero-order valence-corrected chi connectivity index (χ0v) is 34.5. The molecule has 1 saturated heterocycles. The predicted molar refractivity (Wildman–Crippen MR) is 209 cm³/mol. The number of allylic oxidation sites excluding steroid dienone is 1. The van der Waals surface area contributed by atoms with Gasteiger partial charge in [0.15, 0.2) is 6.10 Å². The van der Waals surface area contributed by atoms with Gasteiger partial charge in [0.05, 0.1) is 32.0 Å². The molecule has 0 radical (unpaired) electrons. The molecule has 3 unspecified atom stereocenters. The molecule has 12 heteroatoms. The molecule has 1 fully saturated rings. The Bertz CT molecular complexity index is 976. The van der Waals surface area contributed by atoms with Gasteiger partial charge in [-0.3, -0.25) is 18.6 Å². The van der Waals surface area contributed by atoms with Gasteiger partial charge in [-0.2, -0.15) is 0 Å². The molecule has 0 spiro atoms. The van der Waals surface area contributed by atoms with Gasteiger partial charge in [0.1, 0.15) is 12.7 Å². The number of epoxide rings is 1. The first-order chi connectivity index (χ1) is 25.6. The second kappa shape index (κ2) is 32.9. The number of carbonyl (C=O) groups excluding carboxylic acids is 2. The van der Waals surface area contributed by atoms with Crippen LogP contribution < -0.4 is 0 Å². The molecule has 312 valence electrons. The van der Waals surface area contributed by atoms with Crippen molar-refractivity contribution in [1.29, 1.82) is 0 Å². The molecular formula is C41H77O11P. The minimum Gasteiger partial charge on any atom is -0.462 e. The SMILES string of the molecule is CCCCCC1OC1C/C=C\CCCCCCCC(=O)O[C@H](COC(=O)CCCCCCCCCCCCCC(C)C)COP(=O)(O)OC[C@@H](O)CO. The van der Waals surface area contributed by atoms with E-state index in [-0.39, 0.29) is 19.4 Å². The summed E-state index contributed by atoms with van der Waals surface area (Å²) in [4.78, 5) is 35.0. The molecule has 1 aliphatic rings. The van der Waals surface area contributed by atoms with Crippen LogP contribution in [-0.2, 0) is 37.4 Å². The first-order valence-corrected chi connectivity index (χ1v) is 22.6. The Morgan fingerprint density at radius 1 is 0.717 bits per heavy atom. The van der Waals surface area contributed by atoms with E-state index in [0.29, 0.717) is 25.0 Å². The lowest BCUT2D eigenvalue weighted by Crippen LogP contribution is -2.29. The van der Waals surface area contributed by atoms with Crippen LogP contribution in [0.25, 0.3) is 0 Å². The summed E-state index contributed by atoms with van der Waals surface area (Å²) in [6, 6.07) is 0. The predicted octanol–water partition coefficient (Wildman–Crippen LogP) is 9.68. The molecule has 5 atom stereocenters. The molecule has 1 aliphatic heterocycles. The minimum absolute atomic E-state index is 0.166. The minimum atomic E-state index is -4.62. The monoisotopic (exact) mass is 777 g/mol. The molecule has 0 bridgehead atoms. The Morgan fingerprint density at radius 3 is 1.89 bits per heavy atom. The number of phosphoric ester groups is 1. The molecular weight excluding hydrogens is 699 g/mol. The van der Waals surface area contributed by atoms with Gasteiger partial charge < -0.3 is 29.3 Å². The van der Waals surface area contributed by atoms with Crippen LogP contribution in [0.1, 0.15) is 181 Å². The zero-order chi connectivity index (χ0) is 39.0.